The second-order valence-corrected chi connectivity index (χ2v) is 10.8. The average Bonchev–Trinajstić information content (AvgIpc) is 3.12. The van der Waals surface area contributed by atoms with E-state index in [1.165, 1.54) is 0 Å². The molecule has 190 valence electrons. The zero-order valence-corrected chi connectivity index (χ0v) is 23.4. The van der Waals surface area contributed by atoms with Crippen molar-refractivity contribution in [2.45, 2.75) is 39.7 Å². The van der Waals surface area contributed by atoms with Crippen molar-refractivity contribution in [2.75, 3.05) is 26.2 Å². The first-order valence-electron chi connectivity index (χ1n) is 12.0. The Morgan fingerprint density at radius 3 is 2.58 bits per heavy atom. The maximum absolute atomic E-state index is 13.0. The molecule has 0 unspecified atom stereocenters. The summed E-state index contributed by atoms with van der Waals surface area (Å²) in [6.45, 7) is 5.96. The normalized spacial score (nSPS) is 17.1. The highest BCUT2D eigenvalue weighted by Crippen LogP contribution is 2.38. The van der Waals surface area contributed by atoms with Gasteiger partial charge in [0, 0.05) is 13.1 Å². The number of amides is 3. The van der Waals surface area contributed by atoms with Crippen molar-refractivity contribution in [1.29, 1.82) is 0 Å². The SMILES string of the molecule is CCOc1cc(/C=C2\SC(=O)N(CC(=O)N3CCCCC3)C2=O)cc(I)c1OCc1ccccc1C. The van der Waals surface area contributed by atoms with Crippen LogP contribution in [0.3, 0.4) is 0 Å². The van der Waals surface area contributed by atoms with Gasteiger partial charge in [0.25, 0.3) is 11.1 Å². The van der Waals surface area contributed by atoms with Crippen LogP contribution < -0.4 is 9.47 Å². The van der Waals surface area contributed by atoms with Gasteiger partial charge >= 0.3 is 0 Å². The number of nitrogens with zero attached hydrogens (tertiary/aromatic N) is 2. The molecule has 2 aliphatic rings. The topological polar surface area (TPSA) is 76.2 Å². The summed E-state index contributed by atoms with van der Waals surface area (Å²) < 4.78 is 12.8. The molecule has 36 heavy (non-hydrogen) atoms. The van der Waals surface area contributed by atoms with Crippen molar-refractivity contribution in [3.63, 3.8) is 0 Å². The third-order valence-electron chi connectivity index (χ3n) is 6.14. The summed E-state index contributed by atoms with van der Waals surface area (Å²) in [5.74, 6) is 0.589. The molecule has 2 fully saturated rings. The maximum atomic E-state index is 13.0. The fourth-order valence-electron chi connectivity index (χ4n) is 4.16. The lowest BCUT2D eigenvalue weighted by Gasteiger charge is -2.27. The van der Waals surface area contributed by atoms with Gasteiger partial charge in [-0.05, 0) is 102 Å². The van der Waals surface area contributed by atoms with Gasteiger partial charge < -0.3 is 14.4 Å². The van der Waals surface area contributed by atoms with E-state index in [9.17, 15) is 14.4 Å². The van der Waals surface area contributed by atoms with Gasteiger partial charge in [0.1, 0.15) is 13.2 Å². The number of thioether (sulfide) groups is 1. The van der Waals surface area contributed by atoms with Gasteiger partial charge in [0.05, 0.1) is 15.1 Å². The number of rotatable bonds is 8. The fourth-order valence-corrected chi connectivity index (χ4v) is 5.78. The van der Waals surface area contributed by atoms with Crippen molar-refractivity contribution in [3.05, 3.63) is 61.6 Å². The quantitative estimate of drug-likeness (QED) is 0.282. The molecule has 0 bridgehead atoms. The molecule has 0 radical (unpaired) electrons. The number of imide groups is 1. The number of likely N-dealkylation sites (tertiary alicyclic amines) is 1. The Bertz CT molecular complexity index is 1190. The average molecular weight is 621 g/mol. The molecule has 0 saturated carbocycles. The van der Waals surface area contributed by atoms with Gasteiger partial charge in [0.15, 0.2) is 11.5 Å². The van der Waals surface area contributed by atoms with Crippen LogP contribution in [0, 0.1) is 10.5 Å². The minimum atomic E-state index is -0.441. The van der Waals surface area contributed by atoms with Crippen molar-refractivity contribution in [1.82, 2.24) is 9.80 Å². The van der Waals surface area contributed by atoms with Crippen LogP contribution in [0.4, 0.5) is 4.79 Å². The molecular formula is C27H29IN2O5S. The van der Waals surface area contributed by atoms with Crippen LogP contribution in [-0.2, 0) is 16.2 Å². The van der Waals surface area contributed by atoms with Gasteiger partial charge in [-0.3, -0.25) is 19.3 Å². The fraction of sp³-hybridized carbons (Fsp3) is 0.370. The number of carbonyl (C=O) groups is 3. The van der Waals surface area contributed by atoms with Crippen molar-refractivity contribution >= 4 is 57.5 Å². The van der Waals surface area contributed by atoms with Gasteiger partial charge in [-0.2, -0.15) is 0 Å². The molecule has 2 aliphatic heterocycles. The standard InChI is InChI=1S/C27H29IN2O5S/c1-3-34-22-14-19(13-21(28)25(22)35-17-20-10-6-5-9-18(20)2)15-23-26(32)30(27(33)36-23)16-24(31)29-11-7-4-8-12-29/h5-6,9-10,13-15H,3-4,7-8,11-12,16-17H2,1-2H3/b23-15-. The monoisotopic (exact) mass is 620 g/mol. The molecule has 7 nitrogen and oxygen atoms in total. The zero-order chi connectivity index (χ0) is 25.7. The molecule has 3 amide bonds. The second-order valence-electron chi connectivity index (χ2n) is 8.69. The van der Waals surface area contributed by atoms with Crippen molar-refractivity contribution in [2.24, 2.45) is 0 Å². The van der Waals surface area contributed by atoms with Crippen LogP contribution >= 0.6 is 34.4 Å². The molecule has 0 N–H and O–H groups in total. The summed E-state index contributed by atoms with van der Waals surface area (Å²) in [6.07, 6.45) is 4.69. The number of carbonyl (C=O) groups excluding carboxylic acids is 3. The molecular weight excluding hydrogens is 591 g/mol. The summed E-state index contributed by atoms with van der Waals surface area (Å²) in [5, 5.41) is -0.422. The molecule has 4 rings (SSSR count). The van der Waals surface area contributed by atoms with E-state index in [0.717, 1.165) is 56.2 Å². The first-order chi connectivity index (χ1) is 17.4. The summed E-state index contributed by atoms with van der Waals surface area (Å²) in [7, 11) is 0. The van der Waals surface area contributed by atoms with E-state index in [-0.39, 0.29) is 12.5 Å². The Kier molecular flexibility index (Phi) is 8.95. The Morgan fingerprint density at radius 2 is 1.86 bits per heavy atom. The molecule has 0 aromatic heterocycles. The minimum Gasteiger partial charge on any atom is -0.490 e. The smallest absolute Gasteiger partial charge is 0.294 e. The minimum absolute atomic E-state index is 0.179. The summed E-state index contributed by atoms with van der Waals surface area (Å²) >= 11 is 3.05. The van der Waals surface area contributed by atoms with Gasteiger partial charge in [0.2, 0.25) is 5.91 Å². The molecule has 2 saturated heterocycles. The molecule has 2 heterocycles. The van der Waals surface area contributed by atoms with E-state index >= 15 is 0 Å². The van der Waals surface area contributed by atoms with Gasteiger partial charge in [-0.1, -0.05) is 24.3 Å². The number of piperidine rings is 1. The van der Waals surface area contributed by atoms with E-state index in [0.29, 0.717) is 42.7 Å². The van der Waals surface area contributed by atoms with Crippen molar-refractivity contribution < 1.29 is 23.9 Å². The van der Waals surface area contributed by atoms with Gasteiger partial charge in [-0.15, -0.1) is 0 Å². The maximum Gasteiger partial charge on any atom is 0.294 e. The Morgan fingerprint density at radius 1 is 1.11 bits per heavy atom. The number of benzene rings is 2. The Labute approximate surface area is 229 Å². The molecule has 9 heteroatoms. The van der Waals surface area contributed by atoms with Crippen molar-refractivity contribution in [3.8, 4) is 11.5 Å². The lowest BCUT2D eigenvalue weighted by molar-refractivity contribution is -0.136. The first kappa shape index (κ1) is 26.5. The predicted octanol–water partition coefficient (Wildman–Crippen LogP) is 5.63. The van der Waals surface area contributed by atoms with Crippen LogP contribution in [0.15, 0.2) is 41.3 Å². The molecule has 0 aliphatic carbocycles. The van der Waals surface area contributed by atoms with E-state index in [1.54, 1.807) is 11.0 Å². The number of ether oxygens (including phenoxy) is 2. The first-order valence-corrected chi connectivity index (χ1v) is 13.9. The predicted molar refractivity (Wildman–Crippen MR) is 149 cm³/mol. The Balaban J connectivity index is 1.51. The third-order valence-corrected chi connectivity index (χ3v) is 7.85. The molecule has 0 atom stereocenters. The summed E-state index contributed by atoms with van der Waals surface area (Å²) in [5.41, 5.74) is 2.96. The number of hydrogen-bond acceptors (Lipinski definition) is 6. The summed E-state index contributed by atoms with van der Waals surface area (Å²) in [6, 6.07) is 11.8. The third kappa shape index (κ3) is 6.23. The van der Waals surface area contributed by atoms with Gasteiger partial charge in [-0.25, -0.2) is 0 Å². The van der Waals surface area contributed by atoms with E-state index in [4.69, 9.17) is 9.47 Å². The summed E-state index contributed by atoms with van der Waals surface area (Å²) in [4.78, 5) is 41.2. The lowest BCUT2D eigenvalue weighted by Crippen LogP contribution is -2.44. The van der Waals surface area contributed by atoms with Crippen LogP contribution in [0.5, 0.6) is 11.5 Å². The molecule has 2 aromatic rings. The molecule has 2 aromatic carbocycles. The molecule has 0 spiro atoms. The number of halogens is 1. The second kappa shape index (κ2) is 12.1. The highest BCUT2D eigenvalue weighted by molar-refractivity contribution is 14.1. The Hall–Kier alpha value is -2.53. The van der Waals surface area contributed by atoms with E-state index in [2.05, 4.69) is 22.6 Å². The number of aryl methyl sites for hydroxylation is 1. The van der Waals surface area contributed by atoms with E-state index < -0.39 is 11.1 Å². The lowest BCUT2D eigenvalue weighted by atomic mass is 10.1. The van der Waals surface area contributed by atoms with Crippen LogP contribution in [-0.4, -0.2) is 53.1 Å². The van der Waals surface area contributed by atoms with Crippen LogP contribution in [0.2, 0.25) is 0 Å². The van der Waals surface area contributed by atoms with E-state index in [1.807, 2.05) is 50.2 Å². The number of hydrogen-bond donors (Lipinski definition) is 0. The highest BCUT2D eigenvalue weighted by atomic mass is 127. The van der Waals surface area contributed by atoms with Crippen LogP contribution in [0.1, 0.15) is 42.9 Å². The zero-order valence-electron chi connectivity index (χ0n) is 20.4. The van der Waals surface area contributed by atoms with Crippen LogP contribution in [0.25, 0.3) is 6.08 Å². The highest BCUT2D eigenvalue weighted by Gasteiger charge is 2.37. The largest absolute Gasteiger partial charge is 0.490 e.